The molecule has 228 valence electrons. The van der Waals surface area contributed by atoms with Crippen LogP contribution in [0, 0.1) is 0 Å². The number of fused-ring (bicyclic) bond motifs is 1. The van der Waals surface area contributed by atoms with Gasteiger partial charge in [0.2, 0.25) is 17.7 Å². The number of alkyl halides is 2. The minimum Gasteiger partial charge on any atom is -0.470 e. The van der Waals surface area contributed by atoms with Crippen molar-refractivity contribution in [3.8, 4) is 5.88 Å². The van der Waals surface area contributed by atoms with E-state index in [1.165, 1.54) is 19.3 Å². The van der Waals surface area contributed by atoms with E-state index in [9.17, 15) is 13.6 Å². The van der Waals surface area contributed by atoms with Crippen molar-refractivity contribution in [3.05, 3.63) is 6.07 Å². The molecule has 3 fully saturated rings. The van der Waals surface area contributed by atoms with E-state index in [4.69, 9.17) is 14.5 Å². The van der Waals surface area contributed by atoms with Gasteiger partial charge < -0.3 is 29.1 Å². The molecular formula is C29H45F2N7O3. The third-order valence-corrected chi connectivity index (χ3v) is 8.55. The number of unbranched alkanes of at least 4 members (excludes halogenated alkanes) is 2. The lowest BCUT2D eigenvalue weighted by atomic mass is 9.91. The fraction of sp³-hybridized carbons (Fsp3) is 0.793. The van der Waals surface area contributed by atoms with Gasteiger partial charge in [0, 0.05) is 25.6 Å². The van der Waals surface area contributed by atoms with Gasteiger partial charge in [0.25, 0.3) is 6.43 Å². The molecule has 1 amide bonds. The number of carbonyl (C=O) groups excluding carboxylic acids is 1. The van der Waals surface area contributed by atoms with Gasteiger partial charge in [0.15, 0.2) is 5.84 Å². The maximum Gasteiger partial charge on any atom is 0.295 e. The van der Waals surface area contributed by atoms with E-state index in [1.807, 2.05) is 9.80 Å². The Morgan fingerprint density at radius 3 is 2.63 bits per heavy atom. The van der Waals surface area contributed by atoms with Crippen molar-refractivity contribution in [1.29, 1.82) is 0 Å². The number of hydrogen-bond donors (Lipinski definition) is 0. The van der Waals surface area contributed by atoms with Gasteiger partial charge in [-0.1, -0.05) is 32.6 Å². The molecule has 1 aliphatic carbocycles. The molecule has 4 heterocycles. The van der Waals surface area contributed by atoms with Gasteiger partial charge in [-0.15, -0.1) is 0 Å². The molecule has 2 atom stereocenters. The van der Waals surface area contributed by atoms with Crippen molar-refractivity contribution in [3.63, 3.8) is 0 Å². The third kappa shape index (κ3) is 7.43. The summed E-state index contributed by atoms with van der Waals surface area (Å²) >= 11 is 0. The number of likely N-dealkylation sites (tertiary alicyclic amines) is 1. The van der Waals surface area contributed by atoms with Gasteiger partial charge in [-0.2, -0.15) is 9.97 Å². The van der Waals surface area contributed by atoms with Crippen LogP contribution < -0.4 is 14.5 Å². The summed E-state index contributed by atoms with van der Waals surface area (Å²) in [5.41, 5.74) is 0. The molecule has 3 aliphatic heterocycles. The highest BCUT2D eigenvalue weighted by atomic mass is 19.3. The Balaban J connectivity index is 1.22. The van der Waals surface area contributed by atoms with Crippen molar-refractivity contribution in [2.75, 3.05) is 69.3 Å². The zero-order valence-electron chi connectivity index (χ0n) is 24.5. The summed E-state index contributed by atoms with van der Waals surface area (Å²) in [5, 5.41) is 0. The molecule has 1 saturated carbocycles. The van der Waals surface area contributed by atoms with Gasteiger partial charge >= 0.3 is 0 Å². The lowest BCUT2D eigenvalue weighted by Crippen LogP contribution is -2.56. The number of ether oxygens (including phenoxy) is 2. The molecule has 10 nitrogen and oxygen atoms in total. The van der Waals surface area contributed by atoms with E-state index >= 15 is 0 Å². The summed E-state index contributed by atoms with van der Waals surface area (Å²) in [4.78, 5) is 34.3. The van der Waals surface area contributed by atoms with Crippen LogP contribution in [-0.2, 0) is 9.53 Å². The van der Waals surface area contributed by atoms with Crippen LogP contribution in [0.4, 0.5) is 20.5 Å². The van der Waals surface area contributed by atoms with E-state index in [2.05, 4.69) is 28.8 Å². The molecule has 2 saturated heterocycles. The molecule has 1 aromatic rings. The molecule has 41 heavy (non-hydrogen) atoms. The first-order chi connectivity index (χ1) is 19.9. The zero-order chi connectivity index (χ0) is 28.8. The third-order valence-electron chi connectivity index (χ3n) is 8.55. The number of morpholine rings is 1. The predicted molar refractivity (Wildman–Crippen MR) is 154 cm³/mol. The number of halogens is 2. The Hall–Kier alpha value is -2.60. The molecular weight excluding hydrogens is 532 g/mol. The molecule has 0 spiro atoms. The maximum absolute atomic E-state index is 14.2. The fourth-order valence-electron chi connectivity index (χ4n) is 6.17. The maximum atomic E-state index is 14.2. The largest absolute Gasteiger partial charge is 0.470 e. The lowest BCUT2D eigenvalue weighted by molar-refractivity contribution is -0.140. The van der Waals surface area contributed by atoms with Crippen molar-refractivity contribution < 1.29 is 23.0 Å². The average molecular weight is 578 g/mol. The van der Waals surface area contributed by atoms with Gasteiger partial charge in [0.1, 0.15) is 11.9 Å². The highest BCUT2D eigenvalue weighted by Crippen LogP contribution is 2.37. The normalized spacial score (nSPS) is 23.2. The summed E-state index contributed by atoms with van der Waals surface area (Å²) < 4.78 is 40.0. The van der Waals surface area contributed by atoms with Crippen molar-refractivity contribution in [1.82, 2.24) is 19.8 Å². The quantitative estimate of drug-likeness (QED) is 0.329. The monoisotopic (exact) mass is 577 g/mol. The van der Waals surface area contributed by atoms with Crippen molar-refractivity contribution in [2.45, 2.75) is 89.3 Å². The van der Waals surface area contributed by atoms with Crippen molar-refractivity contribution >= 4 is 23.5 Å². The van der Waals surface area contributed by atoms with Crippen LogP contribution in [0.3, 0.4) is 0 Å². The molecule has 12 heteroatoms. The molecule has 1 aromatic heterocycles. The number of rotatable bonds is 13. The summed E-state index contributed by atoms with van der Waals surface area (Å²) in [6, 6.07) is 1.40. The molecule has 5 rings (SSSR count). The van der Waals surface area contributed by atoms with Gasteiger partial charge in [-0.25, -0.2) is 8.78 Å². The second-order valence-electron chi connectivity index (χ2n) is 11.7. The molecule has 0 radical (unpaired) electrons. The first-order valence-corrected chi connectivity index (χ1v) is 15.4. The van der Waals surface area contributed by atoms with Crippen LogP contribution >= 0.6 is 0 Å². The Morgan fingerprint density at radius 2 is 1.88 bits per heavy atom. The highest BCUT2D eigenvalue weighted by Gasteiger charge is 2.43. The van der Waals surface area contributed by atoms with Crippen LogP contribution in [-0.4, -0.2) is 116 Å². The van der Waals surface area contributed by atoms with E-state index in [-0.39, 0.29) is 29.9 Å². The van der Waals surface area contributed by atoms with Gasteiger partial charge in [0.05, 0.1) is 38.4 Å². The van der Waals surface area contributed by atoms with E-state index in [1.54, 1.807) is 11.0 Å². The Kier molecular flexibility index (Phi) is 10.2. The summed E-state index contributed by atoms with van der Waals surface area (Å²) in [7, 11) is 2.11. The highest BCUT2D eigenvalue weighted by molar-refractivity contribution is 6.02. The van der Waals surface area contributed by atoms with Crippen LogP contribution in [0.25, 0.3) is 0 Å². The smallest absolute Gasteiger partial charge is 0.295 e. The summed E-state index contributed by atoms with van der Waals surface area (Å²) in [5.74, 6) is 1.12. The second-order valence-corrected chi connectivity index (χ2v) is 11.7. The molecule has 2 unspecified atom stereocenters. The van der Waals surface area contributed by atoms with Crippen molar-refractivity contribution in [2.24, 2.45) is 4.99 Å². The molecule has 4 aliphatic rings. The SMILES string of the molecule is CCCCCN(C)CCCC(=O)N1CC(Oc2cc(N3C(C(F)F)=NC4CCCCC43)nc(N3CCOCC3)n2)C1. The summed E-state index contributed by atoms with van der Waals surface area (Å²) in [6.45, 7) is 7.51. The first kappa shape index (κ1) is 29.9. The topological polar surface area (TPSA) is 86.6 Å². The number of nitrogens with zero attached hydrogens (tertiary/aromatic N) is 7. The molecule has 0 bridgehead atoms. The fourth-order valence-corrected chi connectivity index (χ4v) is 6.17. The van der Waals surface area contributed by atoms with E-state index in [0.717, 1.165) is 45.2 Å². The summed E-state index contributed by atoms with van der Waals surface area (Å²) in [6.07, 6.45) is 5.71. The Labute approximate surface area is 242 Å². The Bertz CT molecular complexity index is 1050. The van der Waals surface area contributed by atoms with Crippen LogP contribution in [0.5, 0.6) is 5.88 Å². The zero-order valence-corrected chi connectivity index (χ0v) is 24.5. The van der Waals surface area contributed by atoms with Gasteiger partial charge in [-0.05, 0) is 45.8 Å². The second kappa shape index (κ2) is 14.0. The number of amides is 1. The number of anilines is 2. The van der Waals surface area contributed by atoms with Gasteiger partial charge in [-0.3, -0.25) is 9.79 Å². The number of amidine groups is 1. The van der Waals surface area contributed by atoms with E-state index < -0.39 is 6.43 Å². The molecule has 0 N–H and O–H groups in total. The number of aliphatic imine (C=N–C) groups is 1. The number of carbonyl (C=O) groups is 1. The standard InChI is InChI=1S/C29H45F2N7O3/c1-3-4-7-12-35(2)13-8-11-26(39)37-19-21(20-37)41-25-18-24(33-29(34-25)36-14-16-40-17-15-36)38-23-10-6-5-9-22(23)32-28(38)27(30)31/h18,21-23,27H,3-17,19-20H2,1-2H3. The first-order valence-electron chi connectivity index (χ1n) is 15.4. The van der Waals surface area contributed by atoms with Crippen LogP contribution in [0.2, 0.25) is 0 Å². The van der Waals surface area contributed by atoms with Crippen LogP contribution in [0.15, 0.2) is 11.1 Å². The number of hydrogen-bond acceptors (Lipinski definition) is 9. The van der Waals surface area contributed by atoms with E-state index in [0.29, 0.717) is 63.5 Å². The molecule has 0 aromatic carbocycles. The number of aromatic nitrogens is 2. The van der Waals surface area contributed by atoms with Crippen LogP contribution in [0.1, 0.15) is 64.7 Å². The Morgan fingerprint density at radius 1 is 1.12 bits per heavy atom. The average Bonchev–Trinajstić information content (AvgIpc) is 3.35. The minimum absolute atomic E-state index is 0.129. The lowest BCUT2D eigenvalue weighted by Gasteiger charge is -2.39. The minimum atomic E-state index is -2.69. The predicted octanol–water partition coefficient (Wildman–Crippen LogP) is 3.60.